The highest BCUT2D eigenvalue weighted by molar-refractivity contribution is 6.83. The Balaban J connectivity index is 2.48. The average Bonchev–Trinajstić information content (AvgIpc) is 2.57. The third-order valence-electron chi connectivity index (χ3n) is 1.87. The summed E-state index contributed by atoms with van der Waals surface area (Å²) in [4.78, 5) is 4.26. The van der Waals surface area contributed by atoms with Crippen LogP contribution in [0.5, 0.6) is 0 Å². The molecule has 0 amide bonds. The number of hydrogen-bond donors (Lipinski definition) is 0. The third-order valence-corrected chi connectivity index (χ3v) is 2.73. The van der Waals surface area contributed by atoms with Crippen molar-refractivity contribution in [2.45, 2.75) is 19.6 Å². The summed E-state index contributed by atoms with van der Waals surface area (Å²) in [7, 11) is -1.35. The summed E-state index contributed by atoms with van der Waals surface area (Å²) in [5.41, 5.74) is 4.10. The van der Waals surface area contributed by atoms with Crippen LogP contribution in [-0.4, -0.2) is 22.8 Å². The lowest BCUT2D eigenvalue weighted by atomic mass is 10.4. The second kappa shape index (κ2) is 3.52. The maximum absolute atomic E-state index is 4.26. The summed E-state index contributed by atoms with van der Waals surface area (Å²) in [5.74, 6) is 0. The van der Waals surface area contributed by atoms with E-state index in [4.69, 9.17) is 0 Å². The minimum absolute atomic E-state index is 0.836. The van der Waals surface area contributed by atoms with Gasteiger partial charge in [0, 0.05) is 17.6 Å². The Hall–Kier alpha value is -1.60. The first-order valence-electron chi connectivity index (χ1n) is 4.88. The van der Waals surface area contributed by atoms with Gasteiger partial charge in [0.2, 0.25) is 0 Å². The molecule has 0 bridgehead atoms. The van der Waals surface area contributed by atoms with Gasteiger partial charge >= 0.3 is 0 Å². The van der Waals surface area contributed by atoms with E-state index in [9.17, 15) is 0 Å². The van der Waals surface area contributed by atoms with E-state index in [1.807, 2.05) is 12.1 Å². The van der Waals surface area contributed by atoms with E-state index in [2.05, 4.69) is 41.3 Å². The highest BCUT2D eigenvalue weighted by Gasteiger charge is 2.08. The zero-order valence-corrected chi connectivity index (χ0v) is 10.2. The fraction of sp³-hybridized carbons (Fsp3) is 0.273. The molecule has 76 valence electrons. The molecule has 0 fully saturated rings. The summed E-state index contributed by atoms with van der Waals surface area (Å²) >= 11 is 0. The maximum Gasteiger partial charge on any atom is 0.171 e. The molecule has 0 aromatic carbocycles. The first-order chi connectivity index (χ1) is 7.06. The molecule has 0 spiro atoms. The van der Waals surface area contributed by atoms with Crippen molar-refractivity contribution >= 4 is 19.1 Å². The highest BCUT2D eigenvalue weighted by Crippen LogP contribution is 2.08. The molecular formula is C11H13N3Si. The minimum atomic E-state index is -1.35. The molecule has 0 saturated carbocycles. The van der Waals surface area contributed by atoms with Crippen LogP contribution < -0.4 is 0 Å². The van der Waals surface area contributed by atoms with Gasteiger partial charge in [-0.3, -0.25) is 0 Å². The first-order valence-corrected chi connectivity index (χ1v) is 8.38. The van der Waals surface area contributed by atoms with Crippen molar-refractivity contribution < 1.29 is 0 Å². The number of pyridine rings is 1. The van der Waals surface area contributed by atoms with E-state index in [1.54, 1.807) is 17.1 Å². The summed E-state index contributed by atoms with van der Waals surface area (Å²) in [6.45, 7) is 6.62. The van der Waals surface area contributed by atoms with Crippen LogP contribution in [-0.2, 0) is 0 Å². The van der Waals surface area contributed by atoms with Gasteiger partial charge in [-0.15, -0.1) is 5.54 Å². The third kappa shape index (κ3) is 2.25. The van der Waals surface area contributed by atoms with Crippen LogP contribution in [0.2, 0.25) is 19.6 Å². The second-order valence-electron chi connectivity index (χ2n) is 4.46. The Labute approximate surface area is 90.1 Å². The van der Waals surface area contributed by atoms with Gasteiger partial charge in [-0.05, 0) is 12.1 Å². The summed E-state index contributed by atoms with van der Waals surface area (Å²) in [5, 5.41) is 5.23. The van der Waals surface area contributed by atoms with Gasteiger partial charge in [-0.25, -0.2) is 4.98 Å². The van der Waals surface area contributed by atoms with Crippen LogP contribution in [0.25, 0.3) is 11.0 Å². The molecule has 0 atom stereocenters. The smallest absolute Gasteiger partial charge is 0.171 e. The molecule has 0 N–H and O–H groups in total. The van der Waals surface area contributed by atoms with Crippen LogP contribution in [0.1, 0.15) is 0 Å². The fourth-order valence-electron chi connectivity index (χ4n) is 1.16. The molecule has 0 aliphatic carbocycles. The Morgan fingerprint density at radius 3 is 2.87 bits per heavy atom. The van der Waals surface area contributed by atoms with Gasteiger partial charge in [-0.2, -0.15) is 9.78 Å². The van der Waals surface area contributed by atoms with Gasteiger partial charge in [0.1, 0.15) is 8.07 Å². The van der Waals surface area contributed by atoms with Gasteiger partial charge in [0.25, 0.3) is 0 Å². The number of aromatic nitrogens is 3. The van der Waals surface area contributed by atoms with Crippen molar-refractivity contribution in [1.29, 1.82) is 0 Å². The Kier molecular flexibility index (Phi) is 2.33. The molecule has 3 nitrogen and oxygen atoms in total. The molecule has 4 heteroatoms. The number of hydrogen-bond acceptors (Lipinski definition) is 2. The number of rotatable bonds is 0. The van der Waals surface area contributed by atoms with Gasteiger partial charge in [0.05, 0.1) is 6.20 Å². The van der Waals surface area contributed by atoms with Crippen LogP contribution in [0.3, 0.4) is 0 Å². The average molecular weight is 215 g/mol. The second-order valence-corrected chi connectivity index (χ2v) is 9.21. The van der Waals surface area contributed by atoms with Crippen molar-refractivity contribution in [1.82, 2.24) is 14.8 Å². The van der Waals surface area contributed by atoms with Crippen molar-refractivity contribution in [3.05, 3.63) is 24.5 Å². The standard InChI is InChI=1S/C11H13N3Si/c1-15(2,3)8-7-14-11-10(9-13-14)5-4-6-12-11/h4-6,9H,1-3H3. The zero-order valence-electron chi connectivity index (χ0n) is 9.15. The van der Waals surface area contributed by atoms with Crippen LogP contribution in [0.4, 0.5) is 0 Å². The number of fused-ring (bicyclic) bond motifs is 1. The van der Waals surface area contributed by atoms with E-state index in [1.165, 1.54) is 0 Å². The normalized spacial score (nSPS) is 11.1. The molecule has 0 aliphatic heterocycles. The van der Waals surface area contributed by atoms with E-state index in [0.29, 0.717) is 0 Å². The van der Waals surface area contributed by atoms with Crippen molar-refractivity contribution in [3.63, 3.8) is 0 Å². The van der Waals surface area contributed by atoms with Crippen molar-refractivity contribution in [3.8, 4) is 11.6 Å². The maximum atomic E-state index is 4.26. The Bertz CT molecular complexity index is 540. The highest BCUT2D eigenvalue weighted by atomic mass is 28.3. The monoisotopic (exact) mass is 215 g/mol. The van der Waals surface area contributed by atoms with E-state index in [0.717, 1.165) is 11.0 Å². The van der Waals surface area contributed by atoms with Crippen molar-refractivity contribution in [2.75, 3.05) is 0 Å². The fourth-order valence-corrected chi connectivity index (χ4v) is 1.61. The molecule has 0 radical (unpaired) electrons. The minimum Gasteiger partial charge on any atom is -0.236 e. The molecular weight excluding hydrogens is 202 g/mol. The predicted molar refractivity (Wildman–Crippen MR) is 64.0 cm³/mol. The molecule has 2 rings (SSSR count). The number of nitrogens with zero attached hydrogens (tertiary/aromatic N) is 3. The van der Waals surface area contributed by atoms with Crippen LogP contribution in [0.15, 0.2) is 24.5 Å². The van der Waals surface area contributed by atoms with Crippen molar-refractivity contribution in [2.24, 2.45) is 0 Å². The van der Waals surface area contributed by atoms with E-state index < -0.39 is 8.07 Å². The predicted octanol–water partition coefficient (Wildman–Crippen LogP) is 2.12. The topological polar surface area (TPSA) is 30.7 Å². The molecule has 2 heterocycles. The largest absolute Gasteiger partial charge is 0.236 e. The zero-order chi connectivity index (χ0) is 10.9. The molecule has 0 aliphatic rings. The first kappa shape index (κ1) is 9.93. The lowest BCUT2D eigenvalue weighted by Crippen LogP contribution is -2.17. The van der Waals surface area contributed by atoms with Crippen LogP contribution >= 0.6 is 0 Å². The molecule has 15 heavy (non-hydrogen) atoms. The summed E-state index contributed by atoms with van der Waals surface area (Å²) < 4.78 is 1.66. The lowest BCUT2D eigenvalue weighted by molar-refractivity contribution is 0.933. The van der Waals surface area contributed by atoms with E-state index >= 15 is 0 Å². The molecule has 2 aromatic heterocycles. The summed E-state index contributed by atoms with van der Waals surface area (Å²) in [6, 6.07) is 6.95. The molecule has 0 saturated heterocycles. The van der Waals surface area contributed by atoms with Crippen LogP contribution in [0, 0.1) is 11.6 Å². The summed E-state index contributed by atoms with van der Waals surface area (Å²) in [6.07, 6.45) is 3.55. The quantitative estimate of drug-likeness (QED) is 0.498. The SMILES string of the molecule is C[Si](C)(C)C#Cn1ncc2cccnc21. The van der Waals surface area contributed by atoms with E-state index in [-0.39, 0.29) is 0 Å². The lowest BCUT2D eigenvalue weighted by Gasteiger charge is -2.02. The molecule has 2 aromatic rings. The molecule has 0 unspecified atom stereocenters. The Morgan fingerprint density at radius 1 is 1.33 bits per heavy atom. The van der Waals surface area contributed by atoms with Gasteiger partial charge in [0.15, 0.2) is 5.65 Å². The van der Waals surface area contributed by atoms with Gasteiger partial charge < -0.3 is 0 Å². The van der Waals surface area contributed by atoms with Gasteiger partial charge in [-0.1, -0.05) is 19.6 Å². The Morgan fingerprint density at radius 2 is 2.13 bits per heavy atom.